The minimum Gasteiger partial charge on any atom is -0.345 e. The zero-order valence-electron chi connectivity index (χ0n) is 13.2. The van der Waals surface area contributed by atoms with Crippen LogP contribution >= 0.6 is 0 Å². The van der Waals surface area contributed by atoms with Crippen molar-refractivity contribution in [1.82, 2.24) is 14.8 Å². The molecule has 3 heterocycles. The van der Waals surface area contributed by atoms with Crippen LogP contribution in [0.2, 0.25) is 0 Å². The van der Waals surface area contributed by atoms with Crippen molar-refractivity contribution in [2.75, 3.05) is 12.9 Å². The number of fused-ring (bicyclic) bond motifs is 1. The summed E-state index contributed by atoms with van der Waals surface area (Å²) >= 11 is 0. The van der Waals surface area contributed by atoms with Gasteiger partial charge in [-0.15, -0.1) is 0 Å². The Morgan fingerprint density at radius 2 is 2.00 bits per heavy atom. The first-order valence-corrected chi connectivity index (χ1v) is 8.91. The second-order valence-corrected chi connectivity index (χ2v) is 7.65. The highest BCUT2D eigenvalue weighted by molar-refractivity contribution is 7.85. The van der Waals surface area contributed by atoms with Crippen molar-refractivity contribution in [3.05, 3.63) is 27.0 Å². The zero-order valence-corrected chi connectivity index (χ0v) is 14.0. The molecule has 2 saturated heterocycles. The minimum absolute atomic E-state index is 0.298. The van der Waals surface area contributed by atoms with E-state index in [0.29, 0.717) is 0 Å². The monoisotopic (exact) mass is 363 g/mol. The van der Waals surface area contributed by atoms with Gasteiger partial charge in [0.15, 0.2) is 12.0 Å². The summed E-state index contributed by atoms with van der Waals surface area (Å²) in [6, 6.07) is 0. The average molecular weight is 363 g/mol. The largest absolute Gasteiger partial charge is 0.347 e. The predicted molar refractivity (Wildman–Crippen MR) is 77.6 cm³/mol. The highest BCUT2D eigenvalue weighted by Gasteiger charge is 2.56. The van der Waals surface area contributed by atoms with Gasteiger partial charge in [0, 0.05) is 0 Å². The van der Waals surface area contributed by atoms with Gasteiger partial charge >= 0.3 is 5.69 Å². The molecule has 2 aliphatic heterocycles. The van der Waals surface area contributed by atoms with E-state index in [1.807, 2.05) is 0 Å². The van der Waals surface area contributed by atoms with Crippen LogP contribution in [-0.4, -0.2) is 60.1 Å². The molecule has 1 N–H and O–H groups in total. The van der Waals surface area contributed by atoms with Crippen molar-refractivity contribution in [2.45, 2.75) is 44.2 Å². The summed E-state index contributed by atoms with van der Waals surface area (Å²) in [4.78, 5) is 25.2. The lowest BCUT2D eigenvalue weighted by atomic mass is 10.1. The Balaban J connectivity index is 1.90. The van der Waals surface area contributed by atoms with Crippen molar-refractivity contribution < 1.29 is 26.8 Å². The van der Waals surface area contributed by atoms with E-state index in [0.717, 1.165) is 17.1 Å². The predicted octanol–water partition coefficient (Wildman–Crippen LogP) is -1.67. The fourth-order valence-corrected chi connectivity index (χ4v) is 3.11. The summed E-state index contributed by atoms with van der Waals surface area (Å²) in [5.41, 5.74) is -1.42. The molecule has 0 unspecified atom stereocenters. The van der Waals surface area contributed by atoms with Crippen molar-refractivity contribution in [1.29, 1.82) is 0 Å². The summed E-state index contributed by atoms with van der Waals surface area (Å²) in [6.45, 7) is 3.06. The Morgan fingerprint density at radius 1 is 1.33 bits per heavy atom. The highest BCUT2D eigenvalue weighted by Crippen LogP contribution is 2.42. The summed E-state index contributed by atoms with van der Waals surface area (Å²) in [7, 11) is -3.67. The Hall–Kier alpha value is -1.60. The van der Waals surface area contributed by atoms with Gasteiger partial charge in [-0.25, -0.2) is 4.79 Å². The number of nitrogens with one attached hydrogen (secondary N) is 1. The van der Waals surface area contributed by atoms with Crippen LogP contribution in [-0.2, 0) is 28.5 Å². The van der Waals surface area contributed by atoms with Gasteiger partial charge in [-0.3, -0.25) is 14.0 Å². The molecule has 2 fully saturated rings. The van der Waals surface area contributed by atoms with E-state index in [1.165, 1.54) is 0 Å². The number of nitrogens with zero attached hydrogens (tertiary/aromatic N) is 2. The molecule has 0 aliphatic carbocycles. The maximum absolute atomic E-state index is 11.9. The molecular formula is C12H17N3O8S. The van der Waals surface area contributed by atoms with Gasteiger partial charge in [-0.05, 0) is 13.8 Å². The van der Waals surface area contributed by atoms with Crippen LogP contribution < -0.4 is 11.2 Å². The van der Waals surface area contributed by atoms with Crippen molar-refractivity contribution in [3.8, 4) is 0 Å². The van der Waals surface area contributed by atoms with E-state index in [2.05, 4.69) is 10.1 Å². The number of aromatic nitrogens is 3. The second-order valence-electron chi connectivity index (χ2n) is 6.00. The average Bonchev–Trinajstić information content (AvgIpc) is 2.90. The first-order valence-electron chi connectivity index (χ1n) is 7.09. The van der Waals surface area contributed by atoms with E-state index in [4.69, 9.17) is 18.4 Å². The van der Waals surface area contributed by atoms with Crippen LogP contribution in [0.4, 0.5) is 0 Å². The normalized spacial score (nSPS) is 32.0. The molecule has 12 heteroatoms. The topological polar surface area (TPSA) is 139 Å². The standard InChI is InChI=1S/C12H17N3O8S/c1-12(2)22-8-6(5-20-24(3,18)19)21-10(9(8)23-12)15-11(17)14-7(16)4-13-15/h4,6,8-10H,5H2,1-3H3,(H,14,16,17)/t6-,8+,9-,10+/m1/s1. The maximum Gasteiger partial charge on any atom is 0.347 e. The summed E-state index contributed by atoms with van der Waals surface area (Å²) in [6.07, 6.45) is -1.31. The van der Waals surface area contributed by atoms with Crippen LogP contribution in [0.1, 0.15) is 20.1 Å². The van der Waals surface area contributed by atoms with Crippen LogP contribution in [0.3, 0.4) is 0 Å². The quantitative estimate of drug-likeness (QED) is 0.622. The number of hydrogen-bond acceptors (Lipinski definition) is 9. The zero-order chi connectivity index (χ0) is 17.7. The number of rotatable bonds is 4. The summed E-state index contributed by atoms with van der Waals surface area (Å²) in [5, 5.41) is 3.75. The smallest absolute Gasteiger partial charge is 0.345 e. The van der Waals surface area contributed by atoms with E-state index in [1.54, 1.807) is 13.8 Å². The van der Waals surface area contributed by atoms with Gasteiger partial charge in [0.05, 0.1) is 12.9 Å². The Labute approximate surface area is 136 Å². The number of hydrogen-bond donors (Lipinski definition) is 1. The Kier molecular flexibility index (Phi) is 4.12. The number of ether oxygens (including phenoxy) is 3. The second kappa shape index (κ2) is 5.74. The molecule has 24 heavy (non-hydrogen) atoms. The Morgan fingerprint density at radius 3 is 2.62 bits per heavy atom. The van der Waals surface area contributed by atoms with Crippen LogP contribution in [0.5, 0.6) is 0 Å². The molecule has 134 valence electrons. The van der Waals surface area contributed by atoms with E-state index < -0.39 is 51.7 Å². The molecule has 3 rings (SSSR count). The molecule has 0 saturated carbocycles. The van der Waals surface area contributed by atoms with Crippen LogP contribution in [0.15, 0.2) is 15.8 Å². The third kappa shape index (κ3) is 3.42. The lowest BCUT2D eigenvalue weighted by molar-refractivity contribution is -0.201. The molecular weight excluding hydrogens is 346 g/mol. The lowest BCUT2D eigenvalue weighted by Crippen LogP contribution is -2.39. The molecule has 0 radical (unpaired) electrons. The van der Waals surface area contributed by atoms with E-state index >= 15 is 0 Å². The lowest BCUT2D eigenvalue weighted by Gasteiger charge is -2.24. The molecule has 4 atom stereocenters. The first-order chi connectivity index (χ1) is 11.1. The van der Waals surface area contributed by atoms with Gasteiger partial charge in [0.25, 0.3) is 15.7 Å². The third-order valence-corrected chi connectivity index (χ3v) is 4.11. The van der Waals surface area contributed by atoms with Crippen LogP contribution in [0, 0.1) is 0 Å². The van der Waals surface area contributed by atoms with Gasteiger partial charge in [0.1, 0.15) is 24.5 Å². The van der Waals surface area contributed by atoms with E-state index in [9.17, 15) is 18.0 Å². The van der Waals surface area contributed by atoms with Crippen molar-refractivity contribution in [2.24, 2.45) is 0 Å². The SMILES string of the molecule is CC1(C)O[C@@H]2[C@@H](O1)[C@@H](n1ncc(=O)[nH]c1=O)O[C@@H]2COS(C)(=O)=O. The fourth-order valence-electron chi connectivity index (χ4n) is 2.72. The molecule has 1 aromatic heterocycles. The van der Waals surface area contributed by atoms with Crippen LogP contribution in [0.25, 0.3) is 0 Å². The number of aromatic amines is 1. The molecule has 2 aliphatic rings. The Bertz CT molecular complexity index is 844. The number of H-pyrrole nitrogens is 1. The van der Waals surface area contributed by atoms with Gasteiger partial charge < -0.3 is 14.2 Å². The van der Waals surface area contributed by atoms with Gasteiger partial charge in [0.2, 0.25) is 0 Å². The van der Waals surface area contributed by atoms with Gasteiger partial charge in [-0.2, -0.15) is 18.2 Å². The molecule has 11 nitrogen and oxygen atoms in total. The molecule has 0 bridgehead atoms. The molecule has 0 aromatic carbocycles. The fraction of sp³-hybridized carbons (Fsp3) is 0.750. The van der Waals surface area contributed by atoms with Crippen molar-refractivity contribution >= 4 is 10.1 Å². The molecule has 1 aromatic rings. The highest BCUT2D eigenvalue weighted by atomic mass is 32.2. The maximum atomic E-state index is 11.9. The van der Waals surface area contributed by atoms with Crippen molar-refractivity contribution in [3.63, 3.8) is 0 Å². The first kappa shape index (κ1) is 17.2. The summed E-state index contributed by atoms with van der Waals surface area (Å²) < 4.78 is 45.2. The van der Waals surface area contributed by atoms with Gasteiger partial charge in [-0.1, -0.05) is 0 Å². The summed E-state index contributed by atoms with van der Waals surface area (Å²) in [5.74, 6) is -0.952. The van der Waals surface area contributed by atoms with E-state index in [-0.39, 0.29) is 6.61 Å². The molecule has 0 spiro atoms. The molecule has 0 amide bonds. The minimum atomic E-state index is -3.67. The third-order valence-electron chi connectivity index (χ3n) is 3.55.